The van der Waals surface area contributed by atoms with Gasteiger partial charge in [-0.05, 0) is 78.3 Å². The van der Waals surface area contributed by atoms with Gasteiger partial charge in [-0.25, -0.2) is 4.79 Å². The molecule has 1 aliphatic carbocycles. The van der Waals surface area contributed by atoms with Gasteiger partial charge in [0.2, 0.25) is 0 Å². The molecule has 2 aromatic rings. The molecule has 2 saturated heterocycles. The van der Waals surface area contributed by atoms with E-state index in [1.165, 1.54) is 5.56 Å². The predicted molar refractivity (Wildman–Crippen MR) is 118 cm³/mol. The van der Waals surface area contributed by atoms with Crippen LogP contribution >= 0.6 is 11.6 Å². The van der Waals surface area contributed by atoms with Crippen LogP contribution in [0.2, 0.25) is 5.02 Å². The first-order chi connectivity index (χ1) is 15.0. The molecule has 2 aromatic carbocycles. The molecular weight excluding hydrogens is 414 g/mol. The van der Waals surface area contributed by atoms with Gasteiger partial charge >= 0.3 is 5.97 Å². The Morgan fingerprint density at radius 3 is 2.39 bits per heavy atom. The van der Waals surface area contributed by atoms with E-state index in [0.717, 1.165) is 61.3 Å². The van der Waals surface area contributed by atoms with Gasteiger partial charge in [-0.3, -0.25) is 4.79 Å². The third-order valence-electron chi connectivity index (χ3n) is 7.31. The first kappa shape index (κ1) is 20.5. The number of carbonyl (C=O) groups excluding carboxylic acids is 1. The minimum atomic E-state index is -0.928. The monoisotopic (exact) mass is 439 g/mol. The molecule has 2 heterocycles. The number of rotatable bonds is 4. The van der Waals surface area contributed by atoms with Crippen LogP contribution < -0.4 is 0 Å². The van der Waals surface area contributed by atoms with E-state index >= 15 is 0 Å². The van der Waals surface area contributed by atoms with Gasteiger partial charge in [0.25, 0.3) is 5.91 Å². The third-order valence-corrected chi connectivity index (χ3v) is 7.63. The van der Waals surface area contributed by atoms with Crippen LogP contribution in [0.1, 0.15) is 53.9 Å². The summed E-state index contributed by atoms with van der Waals surface area (Å²) >= 11 is 6.69. The Bertz CT molecular complexity index is 1000. The van der Waals surface area contributed by atoms with Crippen molar-refractivity contribution in [2.75, 3.05) is 19.7 Å². The topological polar surface area (TPSA) is 66.8 Å². The van der Waals surface area contributed by atoms with Crippen LogP contribution in [0.25, 0.3) is 11.1 Å². The molecule has 2 aliphatic heterocycles. The number of nitrogens with zero attached hydrogens (tertiary/aromatic N) is 1. The Hall–Kier alpha value is -2.37. The van der Waals surface area contributed by atoms with Crippen LogP contribution in [0.5, 0.6) is 0 Å². The third kappa shape index (κ3) is 3.85. The van der Waals surface area contributed by atoms with E-state index in [1.807, 2.05) is 23.1 Å². The van der Waals surface area contributed by atoms with Gasteiger partial charge in [0, 0.05) is 24.7 Å². The van der Waals surface area contributed by atoms with Crippen molar-refractivity contribution in [1.82, 2.24) is 4.90 Å². The number of amides is 1. The molecule has 3 fully saturated rings. The Kier molecular flexibility index (Phi) is 5.27. The van der Waals surface area contributed by atoms with Crippen LogP contribution in [0.4, 0.5) is 0 Å². The molecule has 0 aromatic heterocycles. The summed E-state index contributed by atoms with van der Waals surface area (Å²) in [5.41, 5.74) is 3.66. The summed E-state index contributed by atoms with van der Waals surface area (Å²) in [5.74, 6) is -0.313. The zero-order valence-electron chi connectivity index (χ0n) is 17.4. The molecule has 1 N–H and O–H groups in total. The lowest BCUT2D eigenvalue weighted by Crippen LogP contribution is -2.44. The van der Waals surface area contributed by atoms with Crippen molar-refractivity contribution >= 4 is 23.5 Å². The van der Waals surface area contributed by atoms with Crippen molar-refractivity contribution < 1.29 is 19.4 Å². The Morgan fingerprint density at radius 1 is 1.06 bits per heavy atom. The molecule has 1 unspecified atom stereocenters. The van der Waals surface area contributed by atoms with Crippen LogP contribution in [-0.2, 0) is 9.53 Å². The van der Waals surface area contributed by atoms with Crippen molar-refractivity contribution in [3.63, 3.8) is 0 Å². The maximum Gasteiger partial charge on any atom is 0.335 e. The van der Waals surface area contributed by atoms with Gasteiger partial charge in [0.05, 0.1) is 5.56 Å². The maximum atomic E-state index is 12.6. The summed E-state index contributed by atoms with van der Waals surface area (Å²) in [6.45, 7) is 2.32. The van der Waals surface area contributed by atoms with E-state index in [0.29, 0.717) is 12.5 Å². The minimum Gasteiger partial charge on any atom is -0.478 e. The largest absolute Gasteiger partial charge is 0.478 e. The zero-order chi connectivity index (χ0) is 21.6. The van der Waals surface area contributed by atoms with E-state index in [1.54, 1.807) is 12.1 Å². The number of piperidine rings is 1. The highest BCUT2D eigenvalue weighted by Crippen LogP contribution is 2.66. The van der Waals surface area contributed by atoms with Crippen LogP contribution in [0.3, 0.4) is 0 Å². The Morgan fingerprint density at radius 2 is 1.77 bits per heavy atom. The summed E-state index contributed by atoms with van der Waals surface area (Å²) in [5, 5.41) is 9.83. The normalized spacial score (nSPS) is 24.4. The van der Waals surface area contributed by atoms with E-state index in [4.69, 9.17) is 21.4 Å². The van der Waals surface area contributed by atoms with E-state index in [-0.39, 0.29) is 23.0 Å². The number of carbonyl (C=O) groups is 2. The molecule has 6 heteroatoms. The standard InChI is InChI=1S/C25H26ClNO4/c26-21-14-18(16-3-5-17(6-4-16)24(29)30)7-8-19(21)20-15-25(20)9-11-27(12-10-25)23(28)22-2-1-13-31-22/h3-8,14,20,22H,1-2,9-13,15H2,(H,29,30)/t20-,22?/m1/s1. The second kappa shape index (κ2) is 7.95. The Labute approximate surface area is 187 Å². The molecule has 1 amide bonds. The summed E-state index contributed by atoms with van der Waals surface area (Å²) in [4.78, 5) is 25.7. The number of hydrogen-bond acceptors (Lipinski definition) is 3. The molecule has 2 atom stereocenters. The van der Waals surface area contributed by atoms with Crippen LogP contribution in [0, 0.1) is 5.41 Å². The average Bonchev–Trinajstić information content (AvgIpc) is 3.20. The van der Waals surface area contributed by atoms with Crippen molar-refractivity contribution in [3.8, 4) is 11.1 Å². The smallest absolute Gasteiger partial charge is 0.335 e. The summed E-state index contributed by atoms with van der Waals surface area (Å²) in [6, 6.07) is 13.0. The number of aromatic carboxylic acids is 1. The fourth-order valence-electron chi connectivity index (χ4n) is 5.28. The zero-order valence-corrected chi connectivity index (χ0v) is 18.1. The molecule has 0 bridgehead atoms. The van der Waals surface area contributed by atoms with Gasteiger partial charge in [0.15, 0.2) is 0 Å². The van der Waals surface area contributed by atoms with Gasteiger partial charge < -0.3 is 14.7 Å². The lowest BCUT2D eigenvalue weighted by atomic mass is 9.88. The second-order valence-electron chi connectivity index (χ2n) is 9.06. The molecular formula is C25H26ClNO4. The van der Waals surface area contributed by atoms with Crippen LogP contribution in [0.15, 0.2) is 42.5 Å². The highest BCUT2D eigenvalue weighted by molar-refractivity contribution is 6.31. The summed E-state index contributed by atoms with van der Waals surface area (Å²) < 4.78 is 5.57. The number of benzene rings is 2. The first-order valence-electron chi connectivity index (χ1n) is 11.0. The minimum absolute atomic E-state index is 0.167. The number of halogens is 1. The van der Waals surface area contributed by atoms with E-state index in [2.05, 4.69) is 12.1 Å². The molecule has 1 spiro atoms. The van der Waals surface area contributed by atoms with Crippen molar-refractivity contribution in [2.45, 2.75) is 44.1 Å². The SMILES string of the molecule is O=C(O)c1ccc(-c2ccc([C@H]3CC34CCN(C(=O)C3CCCO3)CC4)c(Cl)c2)cc1. The maximum absolute atomic E-state index is 12.6. The van der Waals surface area contributed by atoms with Crippen molar-refractivity contribution in [2.24, 2.45) is 5.41 Å². The lowest BCUT2D eigenvalue weighted by molar-refractivity contribution is -0.142. The van der Waals surface area contributed by atoms with E-state index < -0.39 is 5.97 Å². The molecule has 1 saturated carbocycles. The number of likely N-dealkylation sites (tertiary alicyclic amines) is 1. The number of ether oxygens (including phenoxy) is 1. The van der Waals surface area contributed by atoms with Gasteiger partial charge in [-0.2, -0.15) is 0 Å². The van der Waals surface area contributed by atoms with Crippen molar-refractivity contribution in [1.29, 1.82) is 0 Å². The van der Waals surface area contributed by atoms with Gasteiger partial charge in [0.1, 0.15) is 6.10 Å². The first-order valence-corrected chi connectivity index (χ1v) is 11.4. The van der Waals surface area contributed by atoms with Crippen LogP contribution in [-0.4, -0.2) is 47.7 Å². The molecule has 3 aliphatic rings. The molecule has 31 heavy (non-hydrogen) atoms. The quantitative estimate of drug-likeness (QED) is 0.729. The highest BCUT2D eigenvalue weighted by atomic mass is 35.5. The number of hydrogen-bond donors (Lipinski definition) is 1. The number of carboxylic acids is 1. The fourth-order valence-corrected chi connectivity index (χ4v) is 5.60. The molecule has 5 rings (SSSR count). The molecule has 162 valence electrons. The molecule has 5 nitrogen and oxygen atoms in total. The van der Waals surface area contributed by atoms with Gasteiger partial charge in [-0.15, -0.1) is 0 Å². The average molecular weight is 440 g/mol. The number of carboxylic acid groups (broad SMARTS) is 1. The lowest BCUT2D eigenvalue weighted by Gasteiger charge is -2.34. The fraction of sp³-hybridized carbons (Fsp3) is 0.440. The summed E-state index contributed by atoms with van der Waals surface area (Å²) in [7, 11) is 0. The predicted octanol–water partition coefficient (Wildman–Crippen LogP) is 4.98. The second-order valence-corrected chi connectivity index (χ2v) is 9.47. The van der Waals surface area contributed by atoms with E-state index in [9.17, 15) is 9.59 Å². The highest BCUT2D eigenvalue weighted by Gasteiger charge is 2.56. The van der Waals surface area contributed by atoms with Gasteiger partial charge in [-0.1, -0.05) is 35.9 Å². The summed E-state index contributed by atoms with van der Waals surface area (Å²) in [6.07, 6.45) is 4.77. The molecule has 0 radical (unpaired) electrons. The Balaban J connectivity index is 1.25. The van der Waals surface area contributed by atoms with Crippen molar-refractivity contribution in [3.05, 3.63) is 58.6 Å².